The second-order valence-electron chi connectivity index (χ2n) is 11.5. The molecule has 2 aromatic rings. The Morgan fingerprint density at radius 1 is 1.08 bits per heavy atom. The first-order valence-electron chi connectivity index (χ1n) is 14.7. The van der Waals surface area contributed by atoms with E-state index < -0.39 is 11.9 Å². The van der Waals surface area contributed by atoms with E-state index in [9.17, 15) is 14.7 Å². The Morgan fingerprint density at radius 2 is 1.92 bits per heavy atom. The summed E-state index contributed by atoms with van der Waals surface area (Å²) in [5.41, 5.74) is 2.25. The number of nitrogens with zero attached hydrogens (tertiary/aromatic N) is 2. The molecule has 0 spiro atoms. The zero-order chi connectivity index (χ0) is 27.6. The van der Waals surface area contributed by atoms with Crippen LogP contribution in [0.4, 0.5) is 0 Å². The Kier molecular flexibility index (Phi) is 11.0. The normalized spacial score (nSPS) is 23.9. The predicted molar refractivity (Wildman–Crippen MR) is 152 cm³/mol. The summed E-state index contributed by atoms with van der Waals surface area (Å²) < 4.78 is 5.38. The lowest BCUT2D eigenvalue weighted by atomic mass is 9.80. The van der Waals surface area contributed by atoms with Crippen molar-refractivity contribution in [3.8, 4) is 5.75 Å². The molecule has 0 radical (unpaired) electrons. The minimum atomic E-state index is -0.665. The number of methoxy groups -OCH3 is 1. The zero-order valence-electron chi connectivity index (χ0n) is 23.3. The van der Waals surface area contributed by atoms with Gasteiger partial charge in [-0.05, 0) is 106 Å². The number of carbonyl (C=O) groups is 2. The van der Waals surface area contributed by atoms with Crippen LogP contribution in [0.3, 0.4) is 0 Å². The number of carboxylic acids is 2. The first-order chi connectivity index (χ1) is 18.9. The van der Waals surface area contributed by atoms with Gasteiger partial charge in [-0.3, -0.25) is 14.6 Å². The molecule has 1 aliphatic carbocycles. The van der Waals surface area contributed by atoms with E-state index in [1.807, 2.05) is 18.3 Å². The Morgan fingerprint density at radius 3 is 2.56 bits per heavy atom. The van der Waals surface area contributed by atoms with Crippen LogP contribution in [0.25, 0.3) is 10.9 Å². The lowest BCUT2D eigenvalue weighted by Gasteiger charge is -2.38. The highest BCUT2D eigenvalue weighted by atomic mass is 16.5. The molecule has 3 fully saturated rings. The minimum Gasteiger partial charge on any atom is -0.497 e. The fourth-order valence-corrected chi connectivity index (χ4v) is 6.19. The Hall–Kier alpha value is -2.71. The molecule has 5 rings (SSSR count). The first-order valence-corrected chi connectivity index (χ1v) is 14.7. The van der Waals surface area contributed by atoms with Crippen molar-refractivity contribution in [2.75, 3.05) is 39.8 Å². The van der Waals surface area contributed by atoms with Crippen molar-refractivity contribution >= 4 is 22.8 Å². The molecule has 2 saturated heterocycles. The molecule has 1 aromatic heterocycles. The third kappa shape index (κ3) is 8.39. The maximum absolute atomic E-state index is 11.9. The summed E-state index contributed by atoms with van der Waals surface area (Å²) in [6.45, 7) is 4.48. The number of ether oxygens (including phenoxy) is 1. The molecule has 3 N–H and O–H groups in total. The third-order valence-electron chi connectivity index (χ3n) is 8.94. The van der Waals surface area contributed by atoms with Gasteiger partial charge in [0.15, 0.2) is 0 Å². The van der Waals surface area contributed by atoms with Crippen molar-refractivity contribution in [1.82, 2.24) is 15.2 Å². The highest BCUT2D eigenvalue weighted by Crippen LogP contribution is 2.33. The van der Waals surface area contributed by atoms with Crippen LogP contribution in [-0.2, 0) is 16.0 Å². The number of aliphatic carboxylic acids is 2. The molecule has 214 valence electrons. The number of pyridine rings is 1. The highest BCUT2D eigenvalue weighted by Gasteiger charge is 2.34. The van der Waals surface area contributed by atoms with Gasteiger partial charge in [0.25, 0.3) is 0 Å². The van der Waals surface area contributed by atoms with E-state index >= 15 is 0 Å². The number of hydrogen-bond acceptors (Lipinski definition) is 6. The fraction of sp³-hybridized carbons (Fsp3) is 0.645. The van der Waals surface area contributed by atoms with Gasteiger partial charge >= 0.3 is 11.9 Å². The van der Waals surface area contributed by atoms with Crippen molar-refractivity contribution in [3.05, 3.63) is 36.0 Å². The summed E-state index contributed by atoms with van der Waals surface area (Å²) in [4.78, 5) is 29.1. The van der Waals surface area contributed by atoms with E-state index in [2.05, 4.69) is 27.3 Å². The number of carboxylic acid groups (broad SMARTS) is 2. The molecular weight excluding hydrogens is 494 g/mol. The molecule has 3 heterocycles. The molecule has 1 saturated carbocycles. The zero-order valence-corrected chi connectivity index (χ0v) is 23.3. The molecule has 1 aromatic carbocycles. The topological polar surface area (TPSA) is 112 Å². The number of likely N-dealkylation sites (tertiary alicyclic amines) is 1. The van der Waals surface area contributed by atoms with Crippen LogP contribution in [0.15, 0.2) is 30.5 Å². The number of piperidine rings is 2. The molecule has 2 aliphatic heterocycles. The lowest BCUT2D eigenvalue weighted by Crippen LogP contribution is -2.44. The molecule has 0 amide bonds. The van der Waals surface area contributed by atoms with E-state index in [0.29, 0.717) is 6.54 Å². The molecule has 3 aliphatic rings. The van der Waals surface area contributed by atoms with Gasteiger partial charge in [0, 0.05) is 24.7 Å². The van der Waals surface area contributed by atoms with Gasteiger partial charge in [0.1, 0.15) is 5.75 Å². The smallest absolute Gasteiger partial charge is 0.308 e. The average molecular weight is 540 g/mol. The van der Waals surface area contributed by atoms with Crippen LogP contribution in [0.1, 0.15) is 63.4 Å². The summed E-state index contributed by atoms with van der Waals surface area (Å²) in [6, 6.07) is 8.07. The van der Waals surface area contributed by atoms with Crippen LogP contribution >= 0.6 is 0 Å². The third-order valence-corrected chi connectivity index (χ3v) is 8.94. The van der Waals surface area contributed by atoms with Crippen molar-refractivity contribution in [2.24, 2.45) is 23.7 Å². The Labute approximate surface area is 232 Å². The summed E-state index contributed by atoms with van der Waals surface area (Å²) in [6.07, 6.45) is 13.0. The highest BCUT2D eigenvalue weighted by molar-refractivity contribution is 5.83. The molecule has 8 heteroatoms. The molecule has 1 unspecified atom stereocenters. The number of benzene rings is 1. The van der Waals surface area contributed by atoms with Crippen LogP contribution in [0.5, 0.6) is 5.75 Å². The number of rotatable bonds is 10. The van der Waals surface area contributed by atoms with Crippen LogP contribution in [-0.4, -0.2) is 71.9 Å². The van der Waals surface area contributed by atoms with Crippen molar-refractivity contribution < 1.29 is 24.5 Å². The quantitative estimate of drug-likeness (QED) is 0.393. The number of aromatic nitrogens is 1. The molecule has 3 atom stereocenters. The van der Waals surface area contributed by atoms with Crippen molar-refractivity contribution in [2.45, 2.75) is 64.2 Å². The van der Waals surface area contributed by atoms with Gasteiger partial charge in [0.2, 0.25) is 0 Å². The molecule has 8 nitrogen and oxygen atoms in total. The van der Waals surface area contributed by atoms with E-state index in [1.165, 1.54) is 31.2 Å². The lowest BCUT2D eigenvalue weighted by molar-refractivity contribution is -0.146. The Bertz CT molecular complexity index is 1080. The van der Waals surface area contributed by atoms with Gasteiger partial charge in [-0.15, -0.1) is 0 Å². The summed E-state index contributed by atoms with van der Waals surface area (Å²) in [5, 5.41) is 22.5. The van der Waals surface area contributed by atoms with Crippen molar-refractivity contribution in [1.29, 1.82) is 0 Å². The standard InChI is InChI=1S/C25H34N2O3.C6H11NO2/c1-30-21-8-9-24-22(16-21)19(10-13-26-24)6-3-7-20-12-15-27(17-23(20)25(28)29)14-11-18-4-2-5-18;8-6(9)5-2-1-3-7-4-5/h8-10,13,16,18,20,23H,2-7,11-12,14-15,17H2,1H3,(H,28,29);5,7H,1-4H2,(H,8,9)/t20-,23+;/m1./s1. The monoisotopic (exact) mass is 539 g/mol. The number of aryl methyl sites for hydroxylation is 1. The summed E-state index contributed by atoms with van der Waals surface area (Å²) >= 11 is 0. The maximum atomic E-state index is 11.9. The van der Waals surface area contributed by atoms with Gasteiger partial charge in [-0.2, -0.15) is 0 Å². The van der Waals surface area contributed by atoms with E-state index in [4.69, 9.17) is 9.84 Å². The molecule has 39 heavy (non-hydrogen) atoms. The van der Waals surface area contributed by atoms with Gasteiger partial charge in [0.05, 0.1) is 24.5 Å². The predicted octanol–water partition coefficient (Wildman–Crippen LogP) is 4.85. The minimum absolute atomic E-state index is 0.140. The van der Waals surface area contributed by atoms with E-state index in [1.54, 1.807) is 7.11 Å². The first kappa shape index (κ1) is 29.3. The number of hydrogen-bond donors (Lipinski definition) is 3. The van der Waals surface area contributed by atoms with Crippen LogP contribution in [0.2, 0.25) is 0 Å². The summed E-state index contributed by atoms with van der Waals surface area (Å²) in [7, 11) is 1.68. The van der Waals surface area contributed by atoms with E-state index in [0.717, 1.165) is 87.3 Å². The maximum Gasteiger partial charge on any atom is 0.308 e. The molecule has 0 bridgehead atoms. The second kappa shape index (κ2) is 14.6. The second-order valence-corrected chi connectivity index (χ2v) is 11.5. The van der Waals surface area contributed by atoms with Gasteiger partial charge in [-0.25, -0.2) is 0 Å². The fourth-order valence-electron chi connectivity index (χ4n) is 6.19. The van der Waals surface area contributed by atoms with Crippen molar-refractivity contribution in [3.63, 3.8) is 0 Å². The van der Waals surface area contributed by atoms with Gasteiger partial charge < -0.3 is 25.2 Å². The van der Waals surface area contributed by atoms with Crippen LogP contribution in [0, 0.1) is 23.7 Å². The Balaban J connectivity index is 0.000000333. The molecular formula is C31H45N3O5. The number of nitrogens with one attached hydrogen (secondary N) is 1. The van der Waals surface area contributed by atoms with Gasteiger partial charge in [-0.1, -0.05) is 19.3 Å². The van der Waals surface area contributed by atoms with Crippen LogP contribution < -0.4 is 10.1 Å². The average Bonchev–Trinajstić information content (AvgIpc) is 2.93. The largest absolute Gasteiger partial charge is 0.497 e. The van der Waals surface area contributed by atoms with E-state index in [-0.39, 0.29) is 17.8 Å². The number of fused-ring (bicyclic) bond motifs is 1. The SMILES string of the molecule is COc1ccc2nccc(CCC[C@@H]3CCN(CCC4CCC4)C[C@@H]3C(=O)O)c2c1.O=C(O)C1CCCNC1. The summed E-state index contributed by atoms with van der Waals surface area (Å²) in [5.74, 6) is 0.365.